The molecule has 1 heterocycles. The first kappa shape index (κ1) is 18.5. The first-order valence-corrected chi connectivity index (χ1v) is 8.84. The fraction of sp³-hybridized carbons (Fsp3) is 0.238. The highest BCUT2D eigenvalue weighted by molar-refractivity contribution is 5.85. The number of carbonyl (C=O) groups is 2. The molecule has 27 heavy (non-hydrogen) atoms. The van der Waals surface area contributed by atoms with E-state index in [1.54, 1.807) is 6.07 Å². The fourth-order valence-corrected chi connectivity index (χ4v) is 2.93. The lowest BCUT2D eigenvalue weighted by molar-refractivity contribution is -0.148. The van der Waals surface area contributed by atoms with Crippen molar-refractivity contribution in [1.29, 1.82) is 0 Å². The number of urea groups is 1. The Bertz CT molecular complexity index is 835. The van der Waals surface area contributed by atoms with Gasteiger partial charge in [0.05, 0.1) is 12.6 Å². The predicted octanol–water partition coefficient (Wildman–Crippen LogP) is 3.92. The summed E-state index contributed by atoms with van der Waals surface area (Å²) in [6.45, 7) is 6.08. The minimum Gasteiger partial charge on any atom is -0.465 e. The molecule has 2 amide bonds. The Balaban J connectivity index is 1.86. The van der Waals surface area contributed by atoms with Crippen LogP contribution in [0.4, 0.5) is 4.79 Å². The van der Waals surface area contributed by atoms with Gasteiger partial charge in [0.15, 0.2) is 0 Å². The molecule has 6 nitrogen and oxygen atoms in total. The minimum absolute atomic E-state index is 0.319. The SMILES string of the molecule is C=C1NC(=O)N[C@@H](c2cccc(Oc3ccccc3)c2)[C@@H]1C(=O)OCCC. The fourth-order valence-electron chi connectivity index (χ4n) is 2.93. The molecule has 1 fully saturated rings. The van der Waals surface area contributed by atoms with Crippen molar-refractivity contribution in [2.75, 3.05) is 6.61 Å². The normalized spacial score (nSPS) is 19.0. The second-order valence-electron chi connectivity index (χ2n) is 6.23. The van der Waals surface area contributed by atoms with Gasteiger partial charge >= 0.3 is 12.0 Å². The Kier molecular flexibility index (Phi) is 5.76. The number of hydrogen-bond donors (Lipinski definition) is 2. The van der Waals surface area contributed by atoms with Crippen LogP contribution in [0.15, 0.2) is 66.9 Å². The molecule has 0 aromatic heterocycles. The third kappa shape index (κ3) is 4.47. The molecule has 2 aromatic carbocycles. The molecule has 0 aliphatic carbocycles. The number of amides is 2. The third-order valence-electron chi connectivity index (χ3n) is 4.17. The molecule has 1 aliphatic rings. The van der Waals surface area contributed by atoms with Crippen LogP contribution in [-0.2, 0) is 9.53 Å². The van der Waals surface area contributed by atoms with Crippen LogP contribution in [0.3, 0.4) is 0 Å². The molecule has 0 unspecified atom stereocenters. The van der Waals surface area contributed by atoms with Crippen LogP contribution in [-0.4, -0.2) is 18.6 Å². The number of nitrogens with one attached hydrogen (secondary N) is 2. The third-order valence-corrected chi connectivity index (χ3v) is 4.17. The van der Waals surface area contributed by atoms with Crippen LogP contribution in [0.25, 0.3) is 0 Å². The van der Waals surface area contributed by atoms with E-state index in [-0.39, 0.29) is 0 Å². The molecule has 1 saturated heterocycles. The second-order valence-corrected chi connectivity index (χ2v) is 6.23. The maximum Gasteiger partial charge on any atom is 0.319 e. The van der Waals surface area contributed by atoms with Crippen LogP contribution in [0, 0.1) is 5.92 Å². The van der Waals surface area contributed by atoms with Gasteiger partial charge in [0, 0.05) is 5.70 Å². The molecule has 0 radical (unpaired) electrons. The molecule has 6 heteroatoms. The van der Waals surface area contributed by atoms with Gasteiger partial charge in [-0.2, -0.15) is 0 Å². The molecule has 2 atom stereocenters. The van der Waals surface area contributed by atoms with E-state index >= 15 is 0 Å². The van der Waals surface area contributed by atoms with Gasteiger partial charge in [-0.15, -0.1) is 0 Å². The zero-order chi connectivity index (χ0) is 19.2. The number of hydrogen-bond acceptors (Lipinski definition) is 4. The largest absolute Gasteiger partial charge is 0.465 e. The van der Waals surface area contributed by atoms with E-state index in [1.165, 1.54) is 0 Å². The number of para-hydroxylation sites is 1. The summed E-state index contributed by atoms with van der Waals surface area (Å²) in [4.78, 5) is 24.5. The smallest absolute Gasteiger partial charge is 0.319 e. The maximum absolute atomic E-state index is 12.5. The van der Waals surface area contributed by atoms with Crippen LogP contribution < -0.4 is 15.4 Å². The summed E-state index contributed by atoms with van der Waals surface area (Å²) in [6, 6.07) is 15.7. The first-order chi connectivity index (χ1) is 13.1. The first-order valence-electron chi connectivity index (χ1n) is 8.84. The van der Waals surface area contributed by atoms with Gasteiger partial charge < -0.3 is 20.1 Å². The number of esters is 1. The van der Waals surface area contributed by atoms with Gasteiger partial charge in [-0.25, -0.2) is 4.79 Å². The summed E-state index contributed by atoms with van der Waals surface area (Å²) in [7, 11) is 0. The Morgan fingerprint density at radius 1 is 1.11 bits per heavy atom. The van der Waals surface area contributed by atoms with E-state index in [0.29, 0.717) is 23.8 Å². The van der Waals surface area contributed by atoms with Crippen LogP contribution in [0.1, 0.15) is 24.9 Å². The summed E-state index contributed by atoms with van der Waals surface area (Å²) in [5, 5.41) is 5.36. The van der Waals surface area contributed by atoms with E-state index in [1.807, 2.05) is 55.5 Å². The van der Waals surface area contributed by atoms with Crippen LogP contribution >= 0.6 is 0 Å². The zero-order valence-corrected chi connectivity index (χ0v) is 15.1. The van der Waals surface area contributed by atoms with E-state index in [2.05, 4.69) is 17.2 Å². The number of benzene rings is 2. The lowest BCUT2D eigenvalue weighted by Gasteiger charge is -2.33. The van der Waals surface area contributed by atoms with Gasteiger partial charge in [-0.3, -0.25) is 4.79 Å². The summed E-state index contributed by atoms with van der Waals surface area (Å²) in [5.41, 5.74) is 1.05. The van der Waals surface area contributed by atoms with Gasteiger partial charge in [0.25, 0.3) is 0 Å². The topological polar surface area (TPSA) is 76.7 Å². The summed E-state index contributed by atoms with van der Waals surface area (Å²) in [5.74, 6) is 0.167. The molecule has 0 bridgehead atoms. The summed E-state index contributed by atoms with van der Waals surface area (Å²) < 4.78 is 11.1. The monoisotopic (exact) mass is 366 g/mol. The summed E-state index contributed by atoms with van der Waals surface area (Å²) in [6.07, 6.45) is 0.718. The van der Waals surface area contributed by atoms with Crippen LogP contribution in [0.5, 0.6) is 11.5 Å². The van der Waals surface area contributed by atoms with Crippen molar-refractivity contribution in [1.82, 2.24) is 10.6 Å². The van der Waals surface area contributed by atoms with Crippen molar-refractivity contribution in [2.24, 2.45) is 5.92 Å². The molecule has 140 valence electrons. The molecule has 2 N–H and O–H groups in total. The standard InChI is InChI=1S/C21H22N2O4/c1-3-12-26-20(24)18-14(2)22-21(25)23-19(18)15-8-7-11-17(13-15)27-16-9-5-4-6-10-16/h4-11,13,18-19H,2-3,12H2,1H3,(H2,22,23,25)/t18-,19+/m1/s1. The highest BCUT2D eigenvalue weighted by Crippen LogP contribution is 2.33. The Morgan fingerprint density at radius 2 is 1.85 bits per heavy atom. The van der Waals surface area contributed by atoms with Crippen molar-refractivity contribution in [3.63, 3.8) is 0 Å². The van der Waals surface area contributed by atoms with E-state index in [0.717, 1.165) is 12.0 Å². The highest BCUT2D eigenvalue weighted by atomic mass is 16.5. The number of rotatable bonds is 6. The minimum atomic E-state index is -0.721. The van der Waals surface area contributed by atoms with Gasteiger partial charge in [-0.05, 0) is 36.2 Å². The molecular formula is C21H22N2O4. The van der Waals surface area contributed by atoms with Gasteiger partial charge in [0.1, 0.15) is 17.4 Å². The lowest BCUT2D eigenvalue weighted by Crippen LogP contribution is -2.51. The van der Waals surface area contributed by atoms with Crippen molar-refractivity contribution in [3.8, 4) is 11.5 Å². The average molecular weight is 366 g/mol. The Hall–Kier alpha value is -3.28. The van der Waals surface area contributed by atoms with Crippen LogP contribution in [0.2, 0.25) is 0 Å². The molecule has 0 saturated carbocycles. The van der Waals surface area contributed by atoms with E-state index in [4.69, 9.17) is 9.47 Å². The highest BCUT2D eigenvalue weighted by Gasteiger charge is 2.39. The summed E-state index contributed by atoms with van der Waals surface area (Å²) >= 11 is 0. The molecular weight excluding hydrogens is 344 g/mol. The molecule has 2 aromatic rings. The lowest BCUT2D eigenvalue weighted by atomic mass is 9.89. The zero-order valence-electron chi connectivity index (χ0n) is 15.1. The van der Waals surface area contributed by atoms with Crippen molar-refractivity contribution in [3.05, 3.63) is 72.4 Å². The molecule has 1 aliphatic heterocycles. The molecule has 3 rings (SSSR count). The number of ether oxygens (including phenoxy) is 2. The number of carbonyl (C=O) groups excluding carboxylic acids is 2. The van der Waals surface area contributed by atoms with E-state index < -0.39 is 24.0 Å². The average Bonchev–Trinajstić information content (AvgIpc) is 2.66. The Labute approximate surface area is 158 Å². The quantitative estimate of drug-likeness (QED) is 0.760. The predicted molar refractivity (Wildman–Crippen MR) is 101 cm³/mol. The van der Waals surface area contributed by atoms with Crippen molar-refractivity contribution < 1.29 is 19.1 Å². The molecule has 0 spiro atoms. The van der Waals surface area contributed by atoms with Crippen molar-refractivity contribution in [2.45, 2.75) is 19.4 Å². The van der Waals surface area contributed by atoms with E-state index in [9.17, 15) is 9.59 Å². The van der Waals surface area contributed by atoms with Gasteiger partial charge in [0.2, 0.25) is 0 Å². The Morgan fingerprint density at radius 3 is 2.59 bits per heavy atom. The van der Waals surface area contributed by atoms with Gasteiger partial charge in [-0.1, -0.05) is 43.8 Å². The van der Waals surface area contributed by atoms with Crippen molar-refractivity contribution >= 4 is 12.0 Å². The maximum atomic E-state index is 12.5. The second kappa shape index (κ2) is 8.40.